The highest BCUT2D eigenvalue weighted by molar-refractivity contribution is 8.19. The van der Waals surface area contributed by atoms with Crippen LogP contribution in [0.1, 0.15) is 30.5 Å². The second kappa shape index (κ2) is 9.14. The molecule has 0 aliphatic carbocycles. The standard InChI is InChI=1S/C26H24N2OS/c1-3-19-10-14-22(15-11-19)27-26-28(23-16-12-20(4-2)13-17-23)25(29)24(30-26)18-21-8-6-5-7-9-21/h5-18H,3-4H2,1-2H3/b24-18-,27-26?. The van der Waals surface area contributed by atoms with Crippen LogP contribution < -0.4 is 4.90 Å². The number of thioether (sulfide) groups is 1. The van der Waals surface area contributed by atoms with E-state index in [0.29, 0.717) is 10.1 Å². The van der Waals surface area contributed by atoms with Crippen LogP contribution >= 0.6 is 11.8 Å². The SMILES string of the molecule is CCc1ccc(N=C2S/C(=C\c3ccccc3)C(=O)N2c2ccc(CC)cc2)cc1. The van der Waals surface area contributed by atoms with E-state index in [1.165, 1.54) is 22.9 Å². The van der Waals surface area contributed by atoms with Crippen LogP contribution in [0.3, 0.4) is 0 Å². The van der Waals surface area contributed by atoms with Crippen LogP contribution in [0.4, 0.5) is 11.4 Å². The van der Waals surface area contributed by atoms with Crippen molar-refractivity contribution in [3.05, 3.63) is 100 Å². The Bertz CT molecular complexity index is 1080. The van der Waals surface area contributed by atoms with Gasteiger partial charge in [-0.2, -0.15) is 0 Å². The molecule has 0 radical (unpaired) electrons. The maximum absolute atomic E-state index is 13.3. The molecule has 0 unspecified atom stereocenters. The average Bonchev–Trinajstić information content (AvgIpc) is 3.09. The number of rotatable bonds is 5. The van der Waals surface area contributed by atoms with Crippen LogP contribution in [-0.2, 0) is 17.6 Å². The third-order valence-corrected chi connectivity index (χ3v) is 6.04. The summed E-state index contributed by atoms with van der Waals surface area (Å²) in [5.41, 5.74) is 5.20. The fourth-order valence-corrected chi connectivity index (χ4v) is 4.28. The number of amides is 1. The van der Waals surface area contributed by atoms with E-state index in [0.717, 1.165) is 29.8 Å². The van der Waals surface area contributed by atoms with Gasteiger partial charge < -0.3 is 0 Å². The zero-order valence-electron chi connectivity index (χ0n) is 17.2. The molecule has 0 aromatic heterocycles. The minimum absolute atomic E-state index is 0.0444. The van der Waals surface area contributed by atoms with E-state index in [2.05, 4.69) is 38.1 Å². The molecule has 0 bridgehead atoms. The van der Waals surface area contributed by atoms with Crippen molar-refractivity contribution in [3.63, 3.8) is 0 Å². The number of carbonyl (C=O) groups is 1. The molecule has 1 saturated heterocycles. The third kappa shape index (κ3) is 4.39. The normalized spacial score (nSPS) is 16.6. The van der Waals surface area contributed by atoms with Crippen molar-refractivity contribution in [3.8, 4) is 0 Å². The van der Waals surface area contributed by atoms with Crippen LogP contribution in [0.15, 0.2) is 88.8 Å². The van der Waals surface area contributed by atoms with E-state index in [1.807, 2.05) is 60.7 Å². The first kappa shape index (κ1) is 20.2. The van der Waals surface area contributed by atoms with Crippen molar-refractivity contribution in [2.75, 3.05) is 4.90 Å². The van der Waals surface area contributed by atoms with Crippen molar-refractivity contribution in [2.24, 2.45) is 4.99 Å². The Labute approximate surface area is 182 Å². The van der Waals surface area contributed by atoms with E-state index >= 15 is 0 Å². The van der Waals surface area contributed by atoms with E-state index in [1.54, 1.807) is 4.90 Å². The minimum atomic E-state index is -0.0444. The highest BCUT2D eigenvalue weighted by Gasteiger charge is 2.34. The predicted molar refractivity (Wildman–Crippen MR) is 128 cm³/mol. The Morgan fingerprint density at radius 1 is 0.833 bits per heavy atom. The summed E-state index contributed by atoms with van der Waals surface area (Å²) >= 11 is 1.42. The molecule has 1 aliphatic heterocycles. The van der Waals surface area contributed by atoms with Crippen LogP contribution in [-0.4, -0.2) is 11.1 Å². The quantitative estimate of drug-likeness (QED) is 0.441. The first-order chi connectivity index (χ1) is 14.7. The van der Waals surface area contributed by atoms with Gasteiger partial charge in [0.05, 0.1) is 16.3 Å². The van der Waals surface area contributed by atoms with Gasteiger partial charge in [0, 0.05) is 0 Å². The van der Waals surface area contributed by atoms with Crippen molar-refractivity contribution < 1.29 is 4.79 Å². The average molecular weight is 413 g/mol. The van der Waals surface area contributed by atoms with Gasteiger partial charge in [-0.25, -0.2) is 4.99 Å². The van der Waals surface area contributed by atoms with Gasteiger partial charge in [-0.05, 0) is 71.6 Å². The number of carbonyl (C=O) groups excluding carboxylic acids is 1. The van der Waals surface area contributed by atoms with Crippen LogP contribution in [0, 0.1) is 0 Å². The zero-order valence-corrected chi connectivity index (χ0v) is 18.0. The van der Waals surface area contributed by atoms with E-state index in [9.17, 15) is 4.79 Å². The highest BCUT2D eigenvalue weighted by Crippen LogP contribution is 2.37. The second-order valence-corrected chi connectivity index (χ2v) is 8.11. The topological polar surface area (TPSA) is 32.7 Å². The molecule has 1 amide bonds. The molecule has 1 heterocycles. The van der Waals surface area contributed by atoms with Crippen LogP contribution in [0.2, 0.25) is 0 Å². The molecule has 0 saturated carbocycles. The molecule has 3 nitrogen and oxygen atoms in total. The maximum atomic E-state index is 13.3. The minimum Gasteiger partial charge on any atom is -0.268 e. The van der Waals surface area contributed by atoms with Gasteiger partial charge in [0.1, 0.15) is 0 Å². The van der Waals surface area contributed by atoms with Crippen molar-refractivity contribution in [2.45, 2.75) is 26.7 Å². The number of nitrogens with zero attached hydrogens (tertiary/aromatic N) is 2. The van der Waals surface area contributed by atoms with Crippen LogP contribution in [0.5, 0.6) is 0 Å². The van der Waals surface area contributed by atoms with E-state index in [-0.39, 0.29) is 5.91 Å². The molecule has 0 spiro atoms. The molecule has 150 valence electrons. The summed E-state index contributed by atoms with van der Waals surface area (Å²) in [6.45, 7) is 4.26. The fourth-order valence-electron chi connectivity index (χ4n) is 3.27. The van der Waals surface area contributed by atoms with Gasteiger partial charge in [0.25, 0.3) is 5.91 Å². The Morgan fingerprint density at radius 2 is 1.43 bits per heavy atom. The van der Waals surface area contributed by atoms with Gasteiger partial charge in [-0.3, -0.25) is 9.69 Å². The lowest BCUT2D eigenvalue weighted by Crippen LogP contribution is -2.28. The molecular weight excluding hydrogens is 388 g/mol. The second-order valence-electron chi connectivity index (χ2n) is 7.10. The summed E-state index contributed by atoms with van der Waals surface area (Å²) in [4.78, 5) is 20.5. The molecule has 1 aliphatic rings. The van der Waals surface area contributed by atoms with Gasteiger partial charge in [-0.15, -0.1) is 0 Å². The molecule has 0 atom stereocenters. The number of anilines is 1. The fraction of sp³-hybridized carbons (Fsp3) is 0.154. The molecular formula is C26H24N2OS. The Morgan fingerprint density at radius 3 is 2.03 bits per heavy atom. The molecule has 4 heteroatoms. The largest absolute Gasteiger partial charge is 0.271 e. The highest BCUT2D eigenvalue weighted by atomic mass is 32.2. The predicted octanol–water partition coefficient (Wildman–Crippen LogP) is 6.62. The zero-order chi connectivity index (χ0) is 20.9. The number of aryl methyl sites for hydroxylation is 2. The molecule has 1 fully saturated rings. The van der Waals surface area contributed by atoms with Gasteiger partial charge >= 0.3 is 0 Å². The Kier molecular flexibility index (Phi) is 6.15. The molecule has 3 aromatic carbocycles. The molecule has 30 heavy (non-hydrogen) atoms. The number of aliphatic imine (C=N–C) groups is 1. The Balaban J connectivity index is 1.74. The molecule has 4 rings (SSSR count). The monoisotopic (exact) mass is 412 g/mol. The number of benzene rings is 3. The van der Waals surface area contributed by atoms with E-state index in [4.69, 9.17) is 4.99 Å². The summed E-state index contributed by atoms with van der Waals surface area (Å²) in [6.07, 6.45) is 3.89. The lowest BCUT2D eigenvalue weighted by Gasteiger charge is -2.16. The number of hydrogen-bond acceptors (Lipinski definition) is 3. The summed E-state index contributed by atoms with van der Waals surface area (Å²) in [7, 11) is 0. The smallest absolute Gasteiger partial charge is 0.268 e. The van der Waals surface area contributed by atoms with Gasteiger partial charge in [0.15, 0.2) is 5.17 Å². The Hall–Kier alpha value is -3.11. The maximum Gasteiger partial charge on any atom is 0.271 e. The van der Waals surface area contributed by atoms with Crippen molar-refractivity contribution in [1.29, 1.82) is 0 Å². The van der Waals surface area contributed by atoms with Crippen molar-refractivity contribution >= 4 is 40.3 Å². The third-order valence-electron chi connectivity index (χ3n) is 5.08. The summed E-state index contributed by atoms with van der Waals surface area (Å²) in [5.74, 6) is -0.0444. The van der Waals surface area contributed by atoms with Crippen molar-refractivity contribution in [1.82, 2.24) is 0 Å². The number of amidine groups is 1. The molecule has 3 aromatic rings. The molecule has 0 N–H and O–H groups in total. The lowest BCUT2D eigenvalue weighted by atomic mass is 10.1. The van der Waals surface area contributed by atoms with Gasteiger partial charge in [-0.1, -0.05) is 68.4 Å². The summed E-state index contributed by atoms with van der Waals surface area (Å²) < 4.78 is 0. The first-order valence-corrected chi connectivity index (χ1v) is 11.0. The van der Waals surface area contributed by atoms with E-state index < -0.39 is 0 Å². The van der Waals surface area contributed by atoms with Crippen LogP contribution in [0.25, 0.3) is 6.08 Å². The number of hydrogen-bond donors (Lipinski definition) is 0. The summed E-state index contributed by atoms with van der Waals surface area (Å²) in [6, 6.07) is 26.2. The summed E-state index contributed by atoms with van der Waals surface area (Å²) in [5, 5.41) is 0.677. The lowest BCUT2D eigenvalue weighted by molar-refractivity contribution is -0.113. The van der Waals surface area contributed by atoms with Gasteiger partial charge in [0.2, 0.25) is 0 Å². The first-order valence-electron chi connectivity index (χ1n) is 10.2.